The number of fused-ring (bicyclic) bond motifs is 1. The van der Waals surface area contributed by atoms with Crippen molar-refractivity contribution in [2.24, 2.45) is 0 Å². The molecule has 4 heteroatoms. The van der Waals surface area contributed by atoms with Gasteiger partial charge in [-0.1, -0.05) is 0 Å². The number of nitrogens with one attached hydrogen (secondary N) is 1. The monoisotopic (exact) mass is 259 g/mol. The largest absolute Gasteiger partial charge is 0.497 e. The van der Waals surface area contributed by atoms with Gasteiger partial charge in [-0.05, 0) is 51.1 Å². The Kier molecular flexibility index (Phi) is 3.42. The Bertz CT molecular complexity index is 570. The molecule has 1 aliphatic heterocycles. The molecule has 2 heterocycles. The zero-order valence-electron chi connectivity index (χ0n) is 11.6. The van der Waals surface area contributed by atoms with Gasteiger partial charge in [0.25, 0.3) is 0 Å². The number of methoxy groups -OCH3 is 1. The van der Waals surface area contributed by atoms with Gasteiger partial charge in [0, 0.05) is 17.8 Å². The summed E-state index contributed by atoms with van der Waals surface area (Å²) in [4.78, 5) is 0. The van der Waals surface area contributed by atoms with Gasteiger partial charge in [-0.25, -0.2) is 0 Å². The van der Waals surface area contributed by atoms with E-state index in [0.717, 1.165) is 25.4 Å². The van der Waals surface area contributed by atoms with E-state index in [1.807, 2.05) is 6.07 Å². The fourth-order valence-corrected chi connectivity index (χ4v) is 2.95. The summed E-state index contributed by atoms with van der Waals surface area (Å²) in [5.74, 6) is 1.49. The van der Waals surface area contributed by atoms with Crippen molar-refractivity contribution >= 4 is 10.9 Å². The number of hydrogen-bond donors (Lipinski definition) is 1. The Balaban J connectivity index is 2.10. The van der Waals surface area contributed by atoms with Crippen LogP contribution in [-0.2, 0) is 6.54 Å². The summed E-state index contributed by atoms with van der Waals surface area (Å²) in [6, 6.07) is 6.27. The van der Waals surface area contributed by atoms with Crippen LogP contribution in [0.5, 0.6) is 5.75 Å². The molecule has 0 bridgehead atoms. The lowest BCUT2D eigenvalue weighted by Crippen LogP contribution is -2.27. The molecule has 0 saturated carbocycles. The fraction of sp³-hybridized carbons (Fsp3) is 0.533. The van der Waals surface area contributed by atoms with Crippen molar-refractivity contribution in [2.45, 2.75) is 32.2 Å². The minimum atomic E-state index is 0.573. The molecule has 1 saturated heterocycles. The zero-order valence-corrected chi connectivity index (χ0v) is 11.6. The molecule has 2 aromatic rings. The SMILES string of the molecule is CCn1nc(C2CCNCC2)c2cc(OC)ccc21. The van der Waals surface area contributed by atoms with Crippen LogP contribution in [0.25, 0.3) is 10.9 Å². The Morgan fingerprint density at radius 3 is 2.84 bits per heavy atom. The maximum Gasteiger partial charge on any atom is 0.119 e. The predicted molar refractivity (Wildman–Crippen MR) is 76.8 cm³/mol. The number of benzene rings is 1. The van der Waals surface area contributed by atoms with Crippen molar-refractivity contribution in [2.75, 3.05) is 20.2 Å². The first-order chi connectivity index (χ1) is 9.33. The van der Waals surface area contributed by atoms with Crippen LogP contribution in [0.4, 0.5) is 0 Å². The Morgan fingerprint density at radius 1 is 1.37 bits per heavy atom. The fourth-order valence-electron chi connectivity index (χ4n) is 2.95. The third kappa shape index (κ3) is 2.21. The number of piperidine rings is 1. The first-order valence-electron chi connectivity index (χ1n) is 7.08. The van der Waals surface area contributed by atoms with Crippen LogP contribution in [-0.4, -0.2) is 30.0 Å². The number of aryl methyl sites for hydroxylation is 1. The van der Waals surface area contributed by atoms with Crippen LogP contribution in [0.2, 0.25) is 0 Å². The lowest BCUT2D eigenvalue weighted by molar-refractivity contribution is 0.415. The van der Waals surface area contributed by atoms with Crippen molar-refractivity contribution in [3.63, 3.8) is 0 Å². The number of rotatable bonds is 3. The van der Waals surface area contributed by atoms with Crippen LogP contribution in [0, 0.1) is 0 Å². The minimum absolute atomic E-state index is 0.573. The molecule has 1 fully saturated rings. The second-order valence-electron chi connectivity index (χ2n) is 5.11. The van der Waals surface area contributed by atoms with Crippen LogP contribution in [0.3, 0.4) is 0 Å². The average Bonchev–Trinajstić information content (AvgIpc) is 2.86. The van der Waals surface area contributed by atoms with Gasteiger partial charge in [-0.2, -0.15) is 5.10 Å². The van der Waals surface area contributed by atoms with E-state index in [1.165, 1.54) is 29.4 Å². The van der Waals surface area contributed by atoms with Gasteiger partial charge in [-0.15, -0.1) is 0 Å². The maximum atomic E-state index is 5.36. The van der Waals surface area contributed by atoms with E-state index >= 15 is 0 Å². The van der Waals surface area contributed by atoms with Gasteiger partial charge in [0.1, 0.15) is 5.75 Å². The molecule has 102 valence electrons. The standard InChI is InChI=1S/C15H21N3O/c1-3-18-14-5-4-12(19-2)10-13(14)15(17-18)11-6-8-16-9-7-11/h4-5,10-11,16H,3,6-9H2,1-2H3. The first kappa shape index (κ1) is 12.5. The molecule has 4 nitrogen and oxygen atoms in total. The highest BCUT2D eigenvalue weighted by molar-refractivity contribution is 5.84. The number of hydrogen-bond acceptors (Lipinski definition) is 3. The van der Waals surface area contributed by atoms with Crippen molar-refractivity contribution < 1.29 is 4.74 Å². The highest BCUT2D eigenvalue weighted by Crippen LogP contribution is 2.32. The number of ether oxygens (including phenoxy) is 1. The second-order valence-corrected chi connectivity index (χ2v) is 5.11. The summed E-state index contributed by atoms with van der Waals surface area (Å²) in [5.41, 5.74) is 2.47. The van der Waals surface area contributed by atoms with E-state index in [1.54, 1.807) is 7.11 Å². The minimum Gasteiger partial charge on any atom is -0.497 e. The van der Waals surface area contributed by atoms with Crippen molar-refractivity contribution in [1.82, 2.24) is 15.1 Å². The van der Waals surface area contributed by atoms with Crippen LogP contribution in [0.1, 0.15) is 31.4 Å². The Hall–Kier alpha value is -1.55. The molecule has 1 N–H and O–H groups in total. The first-order valence-corrected chi connectivity index (χ1v) is 7.08. The molecule has 1 aromatic heterocycles. The van der Waals surface area contributed by atoms with E-state index < -0.39 is 0 Å². The third-order valence-electron chi connectivity index (χ3n) is 4.01. The molecular formula is C15H21N3O. The Morgan fingerprint density at radius 2 is 2.16 bits per heavy atom. The lowest BCUT2D eigenvalue weighted by Gasteiger charge is -2.21. The highest BCUT2D eigenvalue weighted by Gasteiger charge is 2.21. The maximum absolute atomic E-state index is 5.36. The van der Waals surface area contributed by atoms with Gasteiger partial charge in [0.2, 0.25) is 0 Å². The molecule has 0 amide bonds. The molecule has 0 unspecified atom stereocenters. The van der Waals surface area contributed by atoms with Crippen molar-refractivity contribution in [3.8, 4) is 5.75 Å². The van der Waals surface area contributed by atoms with Crippen LogP contribution < -0.4 is 10.1 Å². The molecule has 19 heavy (non-hydrogen) atoms. The molecule has 1 aliphatic rings. The summed E-state index contributed by atoms with van der Waals surface area (Å²) in [6.45, 7) is 5.24. The summed E-state index contributed by atoms with van der Waals surface area (Å²) < 4.78 is 7.46. The average molecular weight is 259 g/mol. The van der Waals surface area contributed by atoms with Crippen molar-refractivity contribution in [1.29, 1.82) is 0 Å². The normalized spacial score (nSPS) is 16.9. The van der Waals surface area contributed by atoms with E-state index in [-0.39, 0.29) is 0 Å². The highest BCUT2D eigenvalue weighted by atomic mass is 16.5. The Labute approximate surface area is 113 Å². The van der Waals surface area contributed by atoms with Gasteiger partial charge in [-0.3, -0.25) is 4.68 Å². The number of aromatic nitrogens is 2. The van der Waals surface area contributed by atoms with Crippen LogP contribution in [0.15, 0.2) is 18.2 Å². The topological polar surface area (TPSA) is 39.1 Å². The van der Waals surface area contributed by atoms with E-state index in [9.17, 15) is 0 Å². The summed E-state index contributed by atoms with van der Waals surface area (Å²) in [6.07, 6.45) is 2.35. The van der Waals surface area contributed by atoms with Gasteiger partial charge < -0.3 is 10.1 Å². The van der Waals surface area contributed by atoms with E-state index in [0.29, 0.717) is 5.92 Å². The zero-order chi connectivity index (χ0) is 13.2. The molecule has 0 radical (unpaired) electrons. The second kappa shape index (κ2) is 5.21. The van der Waals surface area contributed by atoms with Crippen molar-refractivity contribution in [3.05, 3.63) is 23.9 Å². The van der Waals surface area contributed by atoms with E-state index in [4.69, 9.17) is 9.84 Å². The number of nitrogens with zero attached hydrogens (tertiary/aromatic N) is 2. The molecule has 0 aliphatic carbocycles. The summed E-state index contributed by atoms with van der Waals surface area (Å²) >= 11 is 0. The van der Waals surface area contributed by atoms with Gasteiger partial charge in [0.05, 0.1) is 18.3 Å². The smallest absolute Gasteiger partial charge is 0.119 e. The molecule has 0 spiro atoms. The van der Waals surface area contributed by atoms with Crippen LogP contribution >= 0.6 is 0 Å². The quantitative estimate of drug-likeness (QED) is 0.920. The summed E-state index contributed by atoms with van der Waals surface area (Å²) in [7, 11) is 1.72. The van der Waals surface area contributed by atoms with Gasteiger partial charge in [0.15, 0.2) is 0 Å². The van der Waals surface area contributed by atoms with Gasteiger partial charge >= 0.3 is 0 Å². The molecule has 3 rings (SSSR count). The predicted octanol–water partition coefficient (Wildman–Crippen LogP) is 2.53. The molecule has 0 atom stereocenters. The molecule has 1 aromatic carbocycles. The third-order valence-corrected chi connectivity index (χ3v) is 4.01. The lowest BCUT2D eigenvalue weighted by atomic mass is 9.92. The summed E-state index contributed by atoms with van der Waals surface area (Å²) in [5, 5.41) is 9.51. The van der Waals surface area contributed by atoms with E-state index in [2.05, 4.69) is 29.1 Å². The molecular weight excluding hydrogens is 238 g/mol.